The van der Waals surface area contributed by atoms with Crippen LogP contribution in [0.1, 0.15) is 11.3 Å². The van der Waals surface area contributed by atoms with Crippen molar-refractivity contribution in [3.8, 4) is 17.2 Å². The van der Waals surface area contributed by atoms with Crippen LogP contribution in [0.5, 0.6) is 0 Å². The van der Waals surface area contributed by atoms with Gasteiger partial charge in [0, 0.05) is 11.8 Å². The summed E-state index contributed by atoms with van der Waals surface area (Å²) in [6.07, 6.45) is -3.52. The molecule has 6 heteroatoms. The van der Waals surface area contributed by atoms with Crippen LogP contribution in [0.4, 0.5) is 17.6 Å². The molecule has 0 radical (unpaired) electrons. The number of nitrogens with zero attached hydrogens (tertiary/aromatic N) is 2. The van der Waals surface area contributed by atoms with Crippen molar-refractivity contribution in [1.82, 2.24) is 4.98 Å². The Morgan fingerprint density at radius 3 is 2.32 bits per heavy atom. The van der Waals surface area contributed by atoms with Gasteiger partial charge in [-0.25, -0.2) is 4.39 Å². The van der Waals surface area contributed by atoms with E-state index in [0.29, 0.717) is 11.1 Å². The first-order valence-corrected chi connectivity index (χ1v) is 5.14. The molecule has 96 valence electrons. The summed E-state index contributed by atoms with van der Waals surface area (Å²) in [6.45, 7) is 0. The number of pyridine rings is 1. The maximum atomic E-state index is 13.2. The molecule has 0 saturated heterocycles. The van der Waals surface area contributed by atoms with Gasteiger partial charge in [0.15, 0.2) is 0 Å². The molecule has 0 saturated carbocycles. The van der Waals surface area contributed by atoms with E-state index in [4.69, 9.17) is 5.26 Å². The monoisotopic (exact) mass is 266 g/mol. The molecular weight excluding hydrogens is 260 g/mol. The minimum Gasteiger partial charge on any atom is -0.251 e. The standard InChI is InChI=1S/C13H6F4N2/c14-11-4-8(6-18)3-10(5-11)9-1-2-12(19-7-9)13(15,16)17/h1-5,7H. The second kappa shape index (κ2) is 4.69. The van der Waals surface area contributed by atoms with Crippen LogP contribution in [0.2, 0.25) is 0 Å². The molecule has 0 spiro atoms. The molecule has 1 aromatic carbocycles. The average molecular weight is 266 g/mol. The first kappa shape index (κ1) is 13.0. The van der Waals surface area contributed by atoms with Crippen molar-refractivity contribution in [2.75, 3.05) is 0 Å². The Hall–Kier alpha value is -2.42. The second-order valence-corrected chi connectivity index (χ2v) is 3.77. The van der Waals surface area contributed by atoms with Crippen molar-refractivity contribution in [3.05, 3.63) is 53.6 Å². The van der Waals surface area contributed by atoms with Crippen molar-refractivity contribution in [2.24, 2.45) is 0 Å². The first-order chi connectivity index (χ1) is 8.90. The lowest BCUT2D eigenvalue weighted by molar-refractivity contribution is -0.141. The molecule has 0 aliphatic carbocycles. The highest BCUT2D eigenvalue weighted by molar-refractivity contribution is 5.64. The zero-order valence-corrected chi connectivity index (χ0v) is 9.37. The molecule has 0 unspecified atom stereocenters. The summed E-state index contributed by atoms with van der Waals surface area (Å²) in [4.78, 5) is 3.28. The van der Waals surface area contributed by atoms with Gasteiger partial charge in [-0.15, -0.1) is 0 Å². The molecule has 0 aliphatic rings. The van der Waals surface area contributed by atoms with E-state index in [2.05, 4.69) is 4.98 Å². The van der Waals surface area contributed by atoms with Crippen LogP contribution < -0.4 is 0 Å². The topological polar surface area (TPSA) is 36.7 Å². The highest BCUT2D eigenvalue weighted by atomic mass is 19.4. The Morgan fingerprint density at radius 1 is 1.05 bits per heavy atom. The van der Waals surface area contributed by atoms with Gasteiger partial charge in [-0.3, -0.25) is 4.98 Å². The van der Waals surface area contributed by atoms with E-state index in [1.807, 2.05) is 0 Å². The molecule has 0 N–H and O–H groups in total. The smallest absolute Gasteiger partial charge is 0.251 e. The molecule has 1 heterocycles. The summed E-state index contributed by atoms with van der Waals surface area (Å²) in [5.74, 6) is -0.631. The molecule has 2 aromatic rings. The van der Waals surface area contributed by atoms with Crippen LogP contribution in [0.15, 0.2) is 36.5 Å². The van der Waals surface area contributed by atoms with Crippen molar-refractivity contribution in [3.63, 3.8) is 0 Å². The summed E-state index contributed by atoms with van der Waals surface area (Å²) >= 11 is 0. The minimum atomic E-state index is -4.52. The van der Waals surface area contributed by atoms with Gasteiger partial charge in [-0.1, -0.05) is 6.07 Å². The SMILES string of the molecule is N#Cc1cc(F)cc(-c2ccc(C(F)(F)F)nc2)c1. The number of benzene rings is 1. The lowest BCUT2D eigenvalue weighted by Crippen LogP contribution is -2.07. The van der Waals surface area contributed by atoms with E-state index in [0.717, 1.165) is 24.4 Å². The number of rotatable bonds is 1. The van der Waals surface area contributed by atoms with Crippen LogP contribution in [0.25, 0.3) is 11.1 Å². The number of aromatic nitrogens is 1. The van der Waals surface area contributed by atoms with Crippen LogP contribution in [0.3, 0.4) is 0 Å². The summed E-state index contributed by atoms with van der Waals surface area (Å²) in [6, 6.07) is 7.33. The third-order valence-corrected chi connectivity index (χ3v) is 2.41. The molecule has 2 rings (SSSR count). The molecule has 1 aromatic heterocycles. The normalized spacial score (nSPS) is 11.1. The molecule has 0 aliphatic heterocycles. The summed E-state index contributed by atoms with van der Waals surface area (Å²) in [7, 11) is 0. The molecule has 0 atom stereocenters. The summed E-state index contributed by atoms with van der Waals surface area (Å²) in [5.41, 5.74) is -0.315. The van der Waals surface area contributed by atoms with E-state index < -0.39 is 17.7 Å². The Labute approximate surface area is 105 Å². The zero-order valence-electron chi connectivity index (χ0n) is 9.37. The van der Waals surface area contributed by atoms with Crippen molar-refractivity contribution in [1.29, 1.82) is 5.26 Å². The van der Waals surface area contributed by atoms with Crippen molar-refractivity contribution < 1.29 is 17.6 Å². The third kappa shape index (κ3) is 2.88. The Bertz CT molecular complexity index is 639. The van der Waals surface area contributed by atoms with Crippen LogP contribution >= 0.6 is 0 Å². The number of hydrogen-bond acceptors (Lipinski definition) is 2. The quantitative estimate of drug-likeness (QED) is 0.736. The van der Waals surface area contributed by atoms with E-state index in [-0.39, 0.29) is 5.56 Å². The predicted octanol–water partition coefficient (Wildman–Crippen LogP) is 3.78. The number of nitriles is 1. The van der Waals surface area contributed by atoms with Crippen LogP contribution in [0, 0.1) is 17.1 Å². The summed E-state index contributed by atoms with van der Waals surface area (Å²) < 4.78 is 50.2. The van der Waals surface area contributed by atoms with Gasteiger partial charge in [-0.05, 0) is 29.8 Å². The fourth-order valence-electron chi connectivity index (χ4n) is 1.55. The number of halogens is 4. The maximum Gasteiger partial charge on any atom is 0.433 e. The van der Waals surface area contributed by atoms with Crippen molar-refractivity contribution >= 4 is 0 Å². The fraction of sp³-hybridized carbons (Fsp3) is 0.0769. The summed E-state index contributed by atoms with van der Waals surface area (Å²) in [5, 5.41) is 8.70. The molecular formula is C13H6F4N2. The predicted molar refractivity (Wildman–Crippen MR) is 59.3 cm³/mol. The molecule has 19 heavy (non-hydrogen) atoms. The Balaban J connectivity index is 2.43. The Kier molecular flexibility index (Phi) is 3.21. The van der Waals surface area contributed by atoms with E-state index >= 15 is 0 Å². The first-order valence-electron chi connectivity index (χ1n) is 5.14. The molecule has 0 amide bonds. The third-order valence-electron chi connectivity index (χ3n) is 2.41. The lowest BCUT2D eigenvalue weighted by Gasteiger charge is -2.07. The maximum absolute atomic E-state index is 13.2. The highest BCUT2D eigenvalue weighted by Crippen LogP contribution is 2.29. The van der Waals surface area contributed by atoms with Gasteiger partial charge < -0.3 is 0 Å². The average Bonchev–Trinajstić information content (AvgIpc) is 2.37. The van der Waals surface area contributed by atoms with Crippen LogP contribution in [-0.4, -0.2) is 4.98 Å². The fourth-order valence-corrected chi connectivity index (χ4v) is 1.55. The number of hydrogen-bond donors (Lipinski definition) is 0. The Morgan fingerprint density at radius 2 is 1.79 bits per heavy atom. The second-order valence-electron chi connectivity index (χ2n) is 3.77. The number of alkyl halides is 3. The lowest BCUT2D eigenvalue weighted by atomic mass is 10.0. The van der Waals surface area contributed by atoms with Gasteiger partial charge in [0.2, 0.25) is 0 Å². The van der Waals surface area contributed by atoms with Gasteiger partial charge in [0.25, 0.3) is 0 Å². The van der Waals surface area contributed by atoms with Gasteiger partial charge in [0.05, 0.1) is 11.6 Å². The van der Waals surface area contributed by atoms with E-state index in [1.54, 1.807) is 6.07 Å². The zero-order chi connectivity index (χ0) is 14.0. The molecule has 0 fully saturated rings. The molecule has 2 nitrogen and oxygen atoms in total. The largest absolute Gasteiger partial charge is 0.433 e. The van der Waals surface area contributed by atoms with Gasteiger partial charge >= 0.3 is 6.18 Å². The van der Waals surface area contributed by atoms with Crippen LogP contribution in [-0.2, 0) is 6.18 Å². The van der Waals surface area contributed by atoms with E-state index in [1.165, 1.54) is 12.1 Å². The minimum absolute atomic E-state index is 0.0925. The van der Waals surface area contributed by atoms with Gasteiger partial charge in [0.1, 0.15) is 11.5 Å². The van der Waals surface area contributed by atoms with Gasteiger partial charge in [-0.2, -0.15) is 18.4 Å². The highest BCUT2D eigenvalue weighted by Gasteiger charge is 2.32. The van der Waals surface area contributed by atoms with Crippen molar-refractivity contribution in [2.45, 2.75) is 6.18 Å². The molecule has 0 bridgehead atoms. The van der Waals surface area contributed by atoms with E-state index in [9.17, 15) is 17.6 Å².